The van der Waals surface area contributed by atoms with Crippen molar-refractivity contribution < 1.29 is 17.6 Å². The van der Waals surface area contributed by atoms with Crippen molar-refractivity contribution in [1.82, 2.24) is 5.32 Å². The number of nitrogens with one attached hydrogen (secondary N) is 1. The number of carbonyl (C=O) groups excluding carboxylic acids is 1. The van der Waals surface area contributed by atoms with Gasteiger partial charge in [0.1, 0.15) is 0 Å². The first-order valence-corrected chi connectivity index (χ1v) is 6.90. The van der Waals surface area contributed by atoms with Crippen LogP contribution in [0.25, 0.3) is 0 Å². The Morgan fingerprint density at radius 1 is 1.41 bits per heavy atom. The van der Waals surface area contributed by atoms with Crippen molar-refractivity contribution in [2.45, 2.75) is 31.3 Å². The van der Waals surface area contributed by atoms with E-state index in [2.05, 4.69) is 12.2 Å². The van der Waals surface area contributed by atoms with E-state index in [4.69, 9.17) is 9.56 Å². The van der Waals surface area contributed by atoms with E-state index in [-0.39, 0.29) is 5.76 Å². The average Bonchev–Trinajstić information content (AvgIpc) is 2.72. The quantitative estimate of drug-likeness (QED) is 0.740. The minimum Gasteiger partial charge on any atom is -0.438 e. The van der Waals surface area contributed by atoms with Crippen LogP contribution >= 0.6 is 0 Å². The van der Waals surface area contributed by atoms with Gasteiger partial charge in [0, 0.05) is 6.54 Å². The molecule has 1 rings (SSSR count). The number of amides is 1. The Balaban J connectivity index is 2.56. The van der Waals surface area contributed by atoms with Gasteiger partial charge in [0.05, 0.1) is 0 Å². The van der Waals surface area contributed by atoms with Gasteiger partial charge in [-0.15, -0.1) is 0 Å². The number of sulfonamides is 1. The highest BCUT2D eigenvalue weighted by atomic mass is 32.2. The van der Waals surface area contributed by atoms with Gasteiger partial charge in [0.2, 0.25) is 5.09 Å². The molecule has 1 aromatic heterocycles. The maximum atomic E-state index is 11.5. The van der Waals surface area contributed by atoms with E-state index in [9.17, 15) is 13.2 Å². The van der Waals surface area contributed by atoms with Crippen LogP contribution in [0.15, 0.2) is 21.6 Å². The summed E-state index contributed by atoms with van der Waals surface area (Å²) >= 11 is 0. The first-order chi connectivity index (χ1) is 7.95. The molecule has 0 radical (unpaired) electrons. The zero-order valence-electron chi connectivity index (χ0n) is 9.60. The maximum absolute atomic E-state index is 11.5. The summed E-state index contributed by atoms with van der Waals surface area (Å²) in [5, 5.41) is 7.08. The number of primary sulfonamides is 1. The van der Waals surface area contributed by atoms with Crippen molar-refractivity contribution in [1.29, 1.82) is 0 Å². The zero-order chi connectivity index (χ0) is 12.9. The van der Waals surface area contributed by atoms with Gasteiger partial charge in [0.15, 0.2) is 5.76 Å². The predicted octanol–water partition coefficient (Wildman–Crippen LogP) is 0.847. The molecule has 0 aliphatic rings. The fourth-order valence-corrected chi connectivity index (χ4v) is 1.72. The smallest absolute Gasteiger partial charge is 0.287 e. The van der Waals surface area contributed by atoms with Crippen molar-refractivity contribution in [2.75, 3.05) is 6.54 Å². The molecule has 0 aliphatic heterocycles. The summed E-state index contributed by atoms with van der Waals surface area (Å²) in [7, 11) is -3.89. The number of nitrogens with two attached hydrogens (primary N) is 1. The van der Waals surface area contributed by atoms with Gasteiger partial charge in [-0.2, -0.15) is 0 Å². The van der Waals surface area contributed by atoms with Crippen molar-refractivity contribution in [3.63, 3.8) is 0 Å². The minimum absolute atomic E-state index is 0.0504. The summed E-state index contributed by atoms with van der Waals surface area (Å²) in [4.78, 5) is 11.5. The third kappa shape index (κ3) is 4.20. The van der Waals surface area contributed by atoms with E-state index in [0.29, 0.717) is 6.54 Å². The second kappa shape index (κ2) is 5.83. The van der Waals surface area contributed by atoms with Gasteiger partial charge in [-0.1, -0.05) is 19.8 Å². The van der Waals surface area contributed by atoms with E-state index in [1.807, 2.05) is 0 Å². The molecule has 0 saturated heterocycles. The van der Waals surface area contributed by atoms with Crippen LogP contribution in [0.5, 0.6) is 0 Å². The van der Waals surface area contributed by atoms with Gasteiger partial charge in [0.25, 0.3) is 15.9 Å². The van der Waals surface area contributed by atoms with E-state index >= 15 is 0 Å². The highest BCUT2D eigenvalue weighted by molar-refractivity contribution is 7.89. The Morgan fingerprint density at radius 3 is 2.65 bits per heavy atom. The molecule has 0 aromatic carbocycles. The van der Waals surface area contributed by atoms with Crippen molar-refractivity contribution >= 4 is 15.9 Å². The Hall–Kier alpha value is -1.34. The molecule has 1 amide bonds. The lowest BCUT2D eigenvalue weighted by Gasteiger charge is -2.01. The van der Waals surface area contributed by atoms with Crippen LogP contribution < -0.4 is 10.5 Å². The third-order valence-electron chi connectivity index (χ3n) is 2.15. The summed E-state index contributed by atoms with van der Waals surface area (Å²) in [6.45, 7) is 2.60. The van der Waals surface area contributed by atoms with Crippen LogP contribution in [-0.2, 0) is 10.0 Å². The number of rotatable bonds is 6. The van der Waals surface area contributed by atoms with Crippen LogP contribution in [0.3, 0.4) is 0 Å². The Morgan fingerprint density at radius 2 is 2.12 bits per heavy atom. The number of unbranched alkanes of at least 4 members (excludes halogenated alkanes) is 2. The first-order valence-electron chi connectivity index (χ1n) is 5.36. The van der Waals surface area contributed by atoms with Gasteiger partial charge >= 0.3 is 0 Å². The fourth-order valence-electron chi connectivity index (χ4n) is 1.26. The van der Waals surface area contributed by atoms with Crippen LogP contribution in [0.2, 0.25) is 0 Å². The molecule has 17 heavy (non-hydrogen) atoms. The van der Waals surface area contributed by atoms with E-state index in [1.165, 1.54) is 6.07 Å². The van der Waals surface area contributed by atoms with Crippen LogP contribution in [0.1, 0.15) is 36.7 Å². The first kappa shape index (κ1) is 13.7. The van der Waals surface area contributed by atoms with Gasteiger partial charge < -0.3 is 9.73 Å². The number of hydrogen-bond acceptors (Lipinski definition) is 4. The van der Waals surface area contributed by atoms with Gasteiger partial charge in [-0.05, 0) is 18.6 Å². The molecule has 0 spiro atoms. The van der Waals surface area contributed by atoms with E-state index in [1.54, 1.807) is 0 Å². The molecular weight excluding hydrogens is 244 g/mol. The molecule has 0 fully saturated rings. The monoisotopic (exact) mass is 260 g/mol. The molecule has 0 saturated carbocycles. The Bertz CT molecular complexity index is 478. The molecule has 6 nitrogen and oxygen atoms in total. The van der Waals surface area contributed by atoms with Crippen molar-refractivity contribution in [2.24, 2.45) is 5.14 Å². The second-order valence-corrected chi connectivity index (χ2v) is 5.12. The highest BCUT2D eigenvalue weighted by Crippen LogP contribution is 2.11. The van der Waals surface area contributed by atoms with Crippen LogP contribution in [0.4, 0.5) is 0 Å². The SMILES string of the molecule is CCCCCNC(=O)c1ccc(S(N)(=O)=O)o1. The molecule has 96 valence electrons. The van der Waals surface area contributed by atoms with E-state index in [0.717, 1.165) is 25.3 Å². The topological polar surface area (TPSA) is 102 Å². The standard InChI is InChI=1S/C10H16N2O4S/c1-2-3-4-7-12-10(13)8-5-6-9(16-8)17(11,14)15/h5-6H,2-4,7H2,1H3,(H,12,13)(H2,11,14,15). The van der Waals surface area contributed by atoms with E-state index < -0.39 is 21.0 Å². The summed E-state index contributed by atoms with van der Waals surface area (Å²) in [6.07, 6.45) is 2.97. The average molecular weight is 260 g/mol. The molecule has 0 bridgehead atoms. The molecule has 1 heterocycles. The molecule has 3 N–H and O–H groups in total. The second-order valence-electron chi connectivity index (χ2n) is 3.63. The lowest BCUT2D eigenvalue weighted by molar-refractivity contribution is 0.0920. The van der Waals surface area contributed by atoms with Gasteiger partial charge in [-0.25, -0.2) is 13.6 Å². The summed E-state index contributed by atoms with van der Waals surface area (Å²) in [5.41, 5.74) is 0. The largest absolute Gasteiger partial charge is 0.438 e. The molecule has 7 heteroatoms. The van der Waals surface area contributed by atoms with Crippen molar-refractivity contribution in [3.8, 4) is 0 Å². The summed E-state index contributed by atoms with van der Waals surface area (Å²) in [5.74, 6) is -0.485. The van der Waals surface area contributed by atoms with Crippen molar-refractivity contribution in [3.05, 3.63) is 17.9 Å². The summed E-state index contributed by atoms with van der Waals surface area (Å²) < 4.78 is 26.7. The minimum atomic E-state index is -3.89. The molecule has 0 atom stereocenters. The molecule has 1 aromatic rings. The lowest BCUT2D eigenvalue weighted by Crippen LogP contribution is -2.23. The lowest BCUT2D eigenvalue weighted by atomic mass is 10.2. The highest BCUT2D eigenvalue weighted by Gasteiger charge is 2.16. The van der Waals surface area contributed by atoms with Crippen LogP contribution in [-0.4, -0.2) is 20.9 Å². The maximum Gasteiger partial charge on any atom is 0.287 e. The van der Waals surface area contributed by atoms with Crippen LogP contribution in [0, 0.1) is 0 Å². The van der Waals surface area contributed by atoms with Gasteiger partial charge in [-0.3, -0.25) is 4.79 Å². The zero-order valence-corrected chi connectivity index (χ0v) is 10.4. The number of furan rings is 1. The number of hydrogen-bond donors (Lipinski definition) is 2. The normalized spacial score (nSPS) is 11.4. The third-order valence-corrected chi connectivity index (χ3v) is 2.93. The Kier molecular flexibility index (Phi) is 4.71. The molecule has 0 aliphatic carbocycles. The molecular formula is C10H16N2O4S. The number of carbonyl (C=O) groups is 1. The fraction of sp³-hybridized carbons (Fsp3) is 0.500. The Labute approximate surface area is 100 Å². The predicted molar refractivity (Wildman–Crippen MR) is 61.9 cm³/mol. The molecule has 0 unspecified atom stereocenters. The summed E-state index contributed by atoms with van der Waals surface area (Å²) in [6, 6.07) is 2.45.